The van der Waals surface area contributed by atoms with Crippen molar-refractivity contribution >= 4 is 12.0 Å². The van der Waals surface area contributed by atoms with Gasteiger partial charge in [-0.25, -0.2) is 0 Å². The van der Waals surface area contributed by atoms with Crippen LogP contribution in [0.4, 0.5) is 0 Å². The van der Waals surface area contributed by atoms with Crippen LogP contribution < -0.4 is 0 Å². The molecular formula is C20H23N3O2. The van der Waals surface area contributed by atoms with Gasteiger partial charge in [-0.3, -0.25) is 4.79 Å². The number of carbonyl (C=O) groups is 1. The highest BCUT2D eigenvalue weighted by molar-refractivity contribution is 5.91. The van der Waals surface area contributed by atoms with E-state index in [1.807, 2.05) is 41.3 Å². The van der Waals surface area contributed by atoms with E-state index in [4.69, 9.17) is 4.52 Å². The second-order valence-electron chi connectivity index (χ2n) is 7.06. The maximum Gasteiger partial charge on any atom is 0.246 e. The minimum Gasteiger partial charge on any atom is -0.339 e. The van der Waals surface area contributed by atoms with E-state index in [0.29, 0.717) is 11.8 Å². The number of hydrogen-bond donors (Lipinski definition) is 0. The number of hydrogen-bond acceptors (Lipinski definition) is 4. The van der Waals surface area contributed by atoms with Crippen LogP contribution in [0.25, 0.3) is 6.08 Å². The standard InChI is InChI=1S/C20H23N3O2/c24-19(11-8-15-5-2-1-3-6-15)23-12-4-7-16(14-23)13-18-21-20(22-25-18)17-9-10-17/h1-3,5-6,8,11,16-17H,4,7,9-10,12-14H2/b11-8+. The van der Waals surface area contributed by atoms with E-state index in [1.165, 1.54) is 12.8 Å². The second kappa shape index (κ2) is 7.21. The van der Waals surface area contributed by atoms with Gasteiger partial charge >= 0.3 is 0 Å². The van der Waals surface area contributed by atoms with Gasteiger partial charge < -0.3 is 9.42 Å². The van der Waals surface area contributed by atoms with E-state index in [-0.39, 0.29) is 5.91 Å². The largest absolute Gasteiger partial charge is 0.339 e. The Hall–Kier alpha value is -2.43. The van der Waals surface area contributed by atoms with Gasteiger partial charge in [0.1, 0.15) is 0 Å². The average Bonchev–Trinajstić information content (AvgIpc) is 3.40. The summed E-state index contributed by atoms with van der Waals surface area (Å²) in [6.07, 6.45) is 8.82. The second-order valence-corrected chi connectivity index (χ2v) is 7.06. The SMILES string of the molecule is O=C(/C=C/c1ccccc1)N1CCCC(Cc2nc(C3CC3)no2)C1. The Bertz CT molecular complexity index is 749. The third-order valence-electron chi connectivity index (χ3n) is 4.94. The lowest BCUT2D eigenvalue weighted by atomic mass is 9.94. The smallest absolute Gasteiger partial charge is 0.246 e. The van der Waals surface area contributed by atoms with E-state index in [1.54, 1.807) is 6.08 Å². The summed E-state index contributed by atoms with van der Waals surface area (Å²) in [5, 5.41) is 4.08. The van der Waals surface area contributed by atoms with Crippen LogP contribution in [0, 0.1) is 5.92 Å². The molecule has 25 heavy (non-hydrogen) atoms. The molecule has 1 aliphatic heterocycles. The van der Waals surface area contributed by atoms with Crippen molar-refractivity contribution in [2.24, 2.45) is 5.92 Å². The van der Waals surface area contributed by atoms with Crippen LogP contribution in [0.15, 0.2) is 40.9 Å². The summed E-state index contributed by atoms with van der Waals surface area (Å²) in [6.45, 7) is 1.59. The number of aromatic nitrogens is 2. The molecule has 2 aromatic rings. The van der Waals surface area contributed by atoms with Crippen molar-refractivity contribution in [2.45, 2.75) is 38.0 Å². The maximum absolute atomic E-state index is 12.5. The Morgan fingerprint density at radius 2 is 2.08 bits per heavy atom. The molecular weight excluding hydrogens is 314 g/mol. The Labute approximate surface area is 147 Å². The van der Waals surface area contributed by atoms with Crippen LogP contribution in [0.3, 0.4) is 0 Å². The van der Waals surface area contributed by atoms with E-state index < -0.39 is 0 Å². The third kappa shape index (κ3) is 4.16. The van der Waals surface area contributed by atoms with Crippen molar-refractivity contribution in [2.75, 3.05) is 13.1 Å². The highest BCUT2D eigenvalue weighted by Crippen LogP contribution is 2.38. The topological polar surface area (TPSA) is 59.2 Å². The van der Waals surface area contributed by atoms with Crippen LogP contribution in [0.2, 0.25) is 0 Å². The molecule has 0 N–H and O–H groups in total. The van der Waals surface area contributed by atoms with E-state index >= 15 is 0 Å². The van der Waals surface area contributed by atoms with Gasteiger partial charge in [-0.15, -0.1) is 0 Å². The minimum absolute atomic E-state index is 0.0813. The first-order chi connectivity index (χ1) is 12.3. The number of amides is 1. The molecule has 0 radical (unpaired) electrons. The minimum atomic E-state index is 0.0813. The molecule has 2 fully saturated rings. The van der Waals surface area contributed by atoms with E-state index in [0.717, 1.165) is 49.6 Å². The molecule has 1 amide bonds. The van der Waals surface area contributed by atoms with E-state index in [9.17, 15) is 4.79 Å². The van der Waals surface area contributed by atoms with Gasteiger partial charge in [0, 0.05) is 31.5 Å². The highest BCUT2D eigenvalue weighted by Gasteiger charge is 2.30. The first-order valence-electron chi connectivity index (χ1n) is 9.12. The van der Waals surface area contributed by atoms with Gasteiger partial charge in [0.25, 0.3) is 0 Å². The van der Waals surface area contributed by atoms with Gasteiger partial charge in [0.15, 0.2) is 5.82 Å². The molecule has 0 bridgehead atoms. The quantitative estimate of drug-likeness (QED) is 0.784. The normalized spacial score (nSPS) is 21.0. The summed E-state index contributed by atoms with van der Waals surface area (Å²) in [7, 11) is 0. The summed E-state index contributed by atoms with van der Waals surface area (Å²) in [4.78, 5) is 18.9. The molecule has 1 unspecified atom stereocenters. The predicted octanol–water partition coefficient (Wildman–Crippen LogP) is 3.44. The highest BCUT2D eigenvalue weighted by atomic mass is 16.5. The zero-order valence-electron chi connectivity index (χ0n) is 14.3. The maximum atomic E-state index is 12.5. The summed E-state index contributed by atoms with van der Waals surface area (Å²) < 4.78 is 5.39. The molecule has 1 atom stereocenters. The van der Waals surface area contributed by atoms with Crippen molar-refractivity contribution in [1.29, 1.82) is 0 Å². The fourth-order valence-corrected chi connectivity index (χ4v) is 3.37. The lowest BCUT2D eigenvalue weighted by molar-refractivity contribution is -0.127. The zero-order valence-corrected chi connectivity index (χ0v) is 14.3. The lowest BCUT2D eigenvalue weighted by Crippen LogP contribution is -2.39. The summed E-state index contributed by atoms with van der Waals surface area (Å²) >= 11 is 0. The number of likely N-dealkylation sites (tertiary alicyclic amines) is 1. The van der Waals surface area contributed by atoms with Gasteiger partial charge in [-0.05, 0) is 43.2 Å². The van der Waals surface area contributed by atoms with Crippen LogP contribution in [-0.2, 0) is 11.2 Å². The van der Waals surface area contributed by atoms with Crippen molar-refractivity contribution in [3.8, 4) is 0 Å². The Morgan fingerprint density at radius 1 is 1.24 bits per heavy atom. The van der Waals surface area contributed by atoms with Gasteiger partial charge in [-0.2, -0.15) is 4.98 Å². The molecule has 1 aromatic carbocycles. The van der Waals surface area contributed by atoms with Gasteiger partial charge in [-0.1, -0.05) is 35.5 Å². The first kappa shape index (κ1) is 16.1. The summed E-state index contributed by atoms with van der Waals surface area (Å²) in [5.41, 5.74) is 1.04. The molecule has 2 heterocycles. The predicted molar refractivity (Wildman–Crippen MR) is 94.8 cm³/mol. The fourth-order valence-electron chi connectivity index (χ4n) is 3.37. The Balaban J connectivity index is 1.33. The molecule has 5 heteroatoms. The van der Waals surface area contributed by atoms with Crippen molar-refractivity contribution < 1.29 is 9.32 Å². The molecule has 1 saturated carbocycles. The van der Waals surface area contributed by atoms with Gasteiger partial charge in [0.05, 0.1) is 0 Å². The number of carbonyl (C=O) groups excluding carboxylic acids is 1. The first-order valence-corrected chi connectivity index (χ1v) is 9.12. The van der Waals surface area contributed by atoms with Crippen LogP contribution in [0.1, 0.15) is 48.9 Å². The molecule has 5 nitrogen and oxygen atoms in total. The Morgan fingerprint density at radius 3 is 2.88 bits per heavy atom. The van der Waals surface area contributed by atoms with Crippen LogP contribution in [0.5, 0.6) is 0 Å². The average molecular weight is 337 g/mol. The van der Waals surface area contributed by atoms with Crippen molar-refractivity contribution in [3.05, 3.63) is 53.7 Å². The van der Waals surface area contributed by atoms with Crippen LogP contribution in [-0.4, -0.2) is 34.0 Å². The number of nitrogens with zero attached hydrogens (tertiary/aromatic N) is 3. The fraction of sp³-hybridized carbons (Fsp3) is 0.450. The Kier molecular flexibility index (Phi) is 4.63. The lowest BCUT2D eigenvalue weighted by Gasteiger charge is -2.31. The summed E-state index contributed by atoms with van der Waals surface area (Å²) in [6, 6.07) is 9.91. The molecule has 1 saturated heterocycles. The summed E-state index contributed by atoms with van der Waals surface area (Å²) in [5.74, 6) is 2.59. The molecule has 2 aliphatic rings. The number of benzene rings is 1. The molecule has 0 spiro atoms. The van der Waals surface area contributed by atoms with E-state index in [2.05, 4.69) is 10.1 Å². The van der Waals surface area contributed by atoms with Crippen molar-refractivity contribution in [3.63, 3.8) is 0 Å². The monoisotopic (exact) mass is 337 g/mol. The number of rotatable bonds is 5. The van der Waals surface area contributed by atoms with Crippen molar-refractivity contribution in [1.82, 2.24) is 15.0 Å². The van der Waals surface area contributed by atoms with Gasteiger partial charge in [0.2, 0.25) is 11.8 Å². The molecule has 1 aromatic heterocycles. The molecule has 1 aliphatic carbocycles. The molecule has 130 valence electrons. The number of piperidine rings is 1. The zero-order chi connectivity index (χ0) is 17.1. The third-order valence-corrected chi connectivity index (χ3v) is 4.94. The molecule has 4 rings (SSSR count). The van der Waals surface area contributed by atoms with Crippen LogP contribution >= 0.6 is 0 Å².